The van der Waals surface area contributed by atoms with E-state index in [2.05, 4.69) is 10.6 Å². The quantitative estimate of drug-likeness (QED) is 0.577. The molecule has 1 atom stereocenters. The average Bonchev–Trinajstić information content (AvgIpc) is 2.77. The Morgan fingerprint density at radius 1 is 0.933 bits per heavy atom. The van der Waals surface area contributed by atoms with Gasteiger partial charge in [0.25, 0.3) is 11.8 Å². The summed E-state index contributed by atoms with van der Waals surface area (Å²) in [5, 5.41) is 5.34. The second-order valence-electron chi connectivity index (χ2n) is 6.40. The molecule has 2 N–H and O–H groups in total. The van der Waals surface area contributed by atoms with Crippen molar-refractivity contribution in [2.75, 3.05) is 20.8 Å². The number of amides is 2. The standard InChI is InChI=1S/C22H26N2O6/c1-15(21(26)24-14-16-8-10-17(28-2)11-9-16)30-20(25)12-13-23-22(27)18-6-4-5-7-19(18)29-3/h4-11,15H,12-14H2,1-3H3,(H,23,27)(H,24,26)/t15-/m0/s1. The minimum atomic E-state index is -0.944. The van der Waals surface area contributed by atoms with Crippen LogP contribution in [0.25, 0.3) is 0 Å². The molecule has 2 aromatic rings. The molecule has 0 saturated heterocycles. The van der Waals surface area contributed by atoms with Crippen molar-refractivity contribution >= 4 is 17.8 Å². The number of benzene rings is 2. The van der Waals surface area contributed by atoms with Crippen LogP contribution in [0.2, 0.25) is 0 Å². The van der Waals surface area contributed by atoms with Gasteiger partial charge in [-0.2, -0.15) is 0 Å². The Morgan fingerprint density at radius 3 is 2.30 bits per heavy atom. The van der Waals surface area contributed by atoms with Crippen LogP contribution in [-0.4, -0.2) is 44.7 Å². The summed E-state index contributed by atoms with van der Waals surface area (Å²) < 4.78 is 15.3. The molecule has 30 heavy (non-hydrogen) atoms. The van der Waals surface area contributed by atoms with Gasteiger partial charge in [0.2, 0.25) is 0 Å². The van der Waals surface area contributed by atoms with Gasteiger partial charge in [-0.1, -0.05) is 24.3 Å². The highest BCUT2D eigenvalue weighted by atomic mass is 16.5. The third-order valence-corrected chi connectivity index (χ3v) is 4.27. The number of methoxy groups -OCH3 is 2. The van der Waals surface area contributed by atoms with Crippen molar-refractivity contribution in [2.24, 2.45) is 0 Å². The molecule has 0 unspecified atom stereocenters. The highest BCUT2D eigenvalue weighted by molar-refractivity contribution is 5.97. The Balaban J connectivity index is 1.71. The first-order chi connectivity index (χ1) is 14.4. The summed E-state index contributed by atoms with van der Waals surface area (Å²) in [6.07, 6.45) is -1.00. The molecule has 0 fully saturated rings. The monoisotopic (exact) mass is 414 g/mol. The molecule has 0 aliphatic heterocycles. The molecular weight excluding hydrogens is 388 g/mol. The summed E-state index contributed by atoms with van der Waals surface area (Å²) >= 11 is 0. The minimum Gasteiger partial charge on any atom is -0.497 e. The molecule has 0 saturated carbocycles. The van der Waals surface area contributed by atoms with E-state index >= 15 is 0 Å². The summed E-state index contributed by atoms with van der Waals surface area (Å²) in [4.78, 5) is 36.2. The minimum absolute atomic E-state index is 0.0585. The van der Waals surface area contributed by atoms with E-state index in [1.165, 1.54) is 14.0 Å². The van der Waals surface area contributed by atoms with Crippen molar-refractivity contribution in [3.05, 3.63) is 59.7 Å². The van der Waals surface area contributed by atoms with E-state index in [4.69, 9.17) is 14.2 Å². The average molecular weight is 414 g/mol. The zero-order valence-corrected chi connectivity index (χ0v) is 17.3. The molecule has 0 heterocycles. The molecule has 0 bridgehead atoms. The van der Waals surface area contributed by atoms with Gasteiger partial charge in [0.15, 0.2) is 6.10 Å². The molecule has 0 radical (unpaired) electrons. The molecule has 160 valence electrons. The van der Waals surface area contributed by atoms with Crippen molar-refractivity contribution in [3.63, 3.8) is 0 Å². The number of hydrogen-bond donors (Lipinski definition) is 2. The topological polar surface area (TPSA) is 103 Å². The van der Waals surface area contributed by atoms with E-state index in [1.807, 2.05) is 12.1 Å². The van der Waals surface area contributed by atoms with Gasteiger partial charge in [-0.3, -0.25) is 14.4 Å². The number of nitrogens with one attached hydrogen (secondary N) is 2. The SMILES string of the molecule is COc1ccc(CNC(=O)[C@H](C)OC(=O)CCNC(=O)c2ccccc2OC)cc1. The van der Waals surface area contributed by atoms with Gasteiger partial charge in [-0.15, -0.1) is 0 Å². The molecule has 0 aliphatic rings. The number of hydrogen-bond acceptors (Lipinski definition) is 6. The Kier molecular flexibility index (Phi) is 8.68. The van der Waals surface area contributed by atoms with Crippen molar-refractivity contribution in [1.29, 1.82) is 0 Å². The van der Waals surface area contributed by atoms with Crippen molar-refractivity contribution in [1.82, 2.24) is 10.6 Å². The Hall–Kier alpha value is -3.55. The summed E-state index contributed by atoms with van der Waals surface area (Å²) in [6, 6.07) is 14.0. The molecule has 0 aromatic heterocycles. The van der Waals surface area contributed by atoms with Crippen LogP contribution < -0.4 is 20.1 Å². The lowest BCUT2D eigenvalue weighted by Gasteiger charge is -2.14. The number of ether oxygens (including phenoxy) is 3. The zero-order valence-electron chi connectivity index (χ0n) is 17.3. The number of para-hydroxylation sites is 1. The molecule has 2 aromatic carbocycles. The van der Waals surface area contributed by atoms with Crippen molar-refractivity contribution in [2.45, 2.75) is 26.0 Å². The Bertz CT molecular complexity index is 866. The van der Waals surface area contributed by atoms with Crippen molar-refractivity contribution in [3.8, 4) is 11.5 Å². The van der Waals surface area contributed by atoms with Gasteiger partial charge in [-0.05, 0) is 36.8 Å². The molecule has 0 aliphatic carbocycles. The van der Waals surface area contributed by atoms with E-state index in [9.17, 15) is 14.4 Å². The lowest BCUT2D eigenvalue weighted by molar-refractivity contribution is -0.154. The van der Waals surface area contributed by atoms with Crippen LogP contribution in [0, 0.1) is 0 Å². The third-order valence-electron chi connectivity index (χ3n) is 4.27. The fourth-order valence-electron chi connectivity index (χ4n) is 2.59. The van der Waals surface area contributed by atoms with Gasteiger partial charge in [0.05, 0.1) is 26.2 Å². The second kappa shape index (κ2) is 11.5. The highest BCUT2D eigenvalue weighted by Crippen LogP contribution is 2.16. The highest BCUT2D eigenvalue weighted by Gasteiger charge is 2.18. The maximum atomic E-state index is 12.2. The number of carbonyl (C=O) groups excluding carboxylic acids is 3. The maximum Gasteiger partial charge on any atom is 0.308 e. The maximum absolute atomic E-state index is 12.2. The first kappa shape index (κ1) is 22.7. The van der Waals surface area contributed by atoms with Gasteiger partial charge in [0, 0.05) is 13.1 Å². The summed E-state index contributed by atoms with van der Waals surface area (Å²) in [7, 11) is 3.06. The second-order valence-corrected chi connectivity index (χ2v) is 6.40. The number of rotatable bonds is 10. The van der Waals surface area contributed by atoms with Crippen LogP contribution in [0.4, 0.5) is 0 Å². The largest absolute Gasteiger partial charge is 0.497 e. The van der Waals surface area contributed by atoms with Crippen LogP contribution in [0.1, 0.15) is 29.3 Å². The van der Waals surface area contributed by atoms with Crippen LogP contribution in [0.15, 0.2) is 48.5 Å². The first-order valence-corrected chi connectivity index (χ1v) is 9.46. The van der Waals surface area contributed by atoms with E-state index in [1.54, 1.807) is 43.5 Å². The molecule has 8 heteroatoms. The summed E-state index contributed by atoms with van der Waals surface area (Å²) in [5.41, 5.74) is 1.27. The third kappa shape index (κ3) is 6.80. The smallest absolute Gasteiger partial charge is 0.308 e. The molecule has 0 spiro atoms. The van der Waals surface area contributed by atoms with Crippen LogP contribution in [0.3, 0.4) is 0 Å². The van der Waals surface area contributed by atoms with Crippen LogP contribution in [-0.2, 0) is 20.9 Å². The lowest BCUT2D eigenvalue weighted by atomic mass is 10.2. The predicted molar refractivity (Wildman–Crippen MR) is 110 cm³/mol. The van der Waals surface area contributed by atoms with Gasteiger partial charge in [0.1, 0.15) is 11.5 Å². The van der Waals surface area contributed by atoms with E-state index in [0.717, 1.165) is 11.3 Å². The molecule has 2 amide bonds. The van der Waals surface area contributed by atoms with E-state index in [-0.39, 0.29) is 18.9 Å². The van der Waals surface area contributed by atoms with Gasteiger partial charge >= 0.3 is 5.97 Å². The fourth-order valence-corrected chi connectivity index (χ4v) is 2.59. The normalized spacial score (nSPS) is 11.2. The zero-order chi connectivity index (χ0) is 21.9. The predicted octanol–water partition coefficient (Wildman–Crippen LogP) is 2.07. The van der Waals surface area contributed by atoms with Gasteiger partial charge < -0.3 is 24.8 Å². The Labute approximate surface area is 175 Å². The molecule has 8 nitrogen and oxygen atoms in total. The molecular formula is C22H26N2O6. The van der Waals surface area contributed by atoms with Crippen LogP contribution >= 0.6 is 0 Å². The summed E-state index contributed by atoms with van der Waals surface area (Å²) in [5.74, 6) is -0.171. The fraction of sp³-hybridized carbons (Fsp3) is 0.318. The lowest BCUT2D eigenvalue weighted by Crippen LogP contribution is -2.36. The summed E-state index contributed by atoms with van der Waals surface area (Å²) in [6.45, 7) is 1.88. The Morgan fingerprint density at radius 2 is 1.63 bits per heavy atom. The first-order valence-electron chi connectivity index (χ1n) is 9.46. The van der Waals surface area contributed by atoms with E-state index in [0.29, 0.717) is 17.9 Å². The van der Waals surface area contributed by atoms with Crippen LogP contribution in [0.5, 0.6) is 11.5 Å². The van der Waals surface area contributed by atoms with Gasteiger partial charge in [-0.25, -0.2) is 0 Å². The number of carbonyl (C=O) groups is 3. The molecule has 2 rings (SSSR count). The van der Waals surface area contributed by atoms with Crippen molar-refractivity contribution < 1.29 is 28.6 Å². The van der Waals surface area contributed by atoms with E-state index < -0.39 is 18.0 Å². The number of esters is 1.